The molecule has 0 saturated heterocycles. The molecule has 3 aliphatic rings. The summed E-state index contributed by atoms with van der Waals surface area (Å²) in [6.45, 7) is 0. The zero-order valence-corrected chi connectivity index (χ0v) is 21.1. The Morgan fingerprint density at radius 2 is 1.68 bits per heavy atom. The molecule has 6 rings (SSSR count). The van der Waals surface area contributed by atoms with Gasteiger partial charge in [0.1, 0.15) is 11.1 Å². The fourth-order valence-corrected chi connectivity index (χ4v) is 5.33. The molecule has 0 radical (unpaired) electrons. The highest BCUT2D eigenvalue weighted by Crippen LogP contribution is 2.53. The third-order valence-corrected chi connectivity index (χ3v) is 7.24. The number of hydrogen-bond acceptors (Lipinski definition) is 13. The molecule has 13 heteroatoms. The van der Waals surface area contributed by atoms with Crippen molar-refractivity contribution in [3.63, 3.8) is 0 Å². The monoisotopic (exact) mass is 552 g/mol. The number of ketones is 2. The molecule has 2 aliphatic heterocycles. The van der Waals surface area contributed by atoms with Gasteiger partial charge in [0.15, 0.2) is 40.6 Å². The van der Waals surface area contributed by atoms with Gasteiger partial charge in [-0.25, -0.2) is 9.59 Å². The molecule has 2 unspecified atom stereocenters. The maximum atomic E-state index is 13.6. The van der Waals surface area contributed by atoms with Gasteiger partial charge in [0, 0.05) is 12.5 Å². The van der Waals surface area contributed by atoms with E-state index in [-0.39, 0.29) is 52.2 Å². The van der Waals surface area contributed by atoms with Gasteiger partial charge in [-0.15, -0.1) is 0 Å². The lowest BCUT2D eigenvalue weighted by Crippen LogP contribution is -2.49. The zero-order valence-electron chi connectivity index (χ0n) is 21.1. The largest absolute Gasteiger partial charge is 0.504 e. The topological polar surface area (TPSA) is 188 Å². The fourth-order valence-electron chi connectivity index (χ4n) is 5.33. The van der Waals surface area contributed by atoms with Crippen LogP contribution in [0.3, 0.4) is 0 Å². The second-order valence-electron chi connectivity index (χ2n) is 9.27. The first-order valence-electron chi connectivity index (χ1n) is 11.9. The Labute approximate surface area is 223 Å². The lowest BCUT2D eigenvalue weighted by Gasteiger charge is -2.37. The number of Topliss-reactive ketones (excluding diaryl/α,β-unsaturated/α-hetero) is 2. The predicted molar refractivity (Wildman–Crippen MR) is 131 cm³/mol. The third-order valence-electron chi connectivity index (χ3n) is 7.24. The number of aliphatic hydroxyl groups is 1. The SMILES string of the molecule is COC(=O)c1cc2cc3c(c(O)c2c(=O)o1)OC1(CC3)OC2=C(C(=O)c3c(OC)cc(OC)c(O)c3C2=O)C1O. The molecule has 1 spiro atoms. The molecule has 0 saturated carbocycles. The summed E-state index contributed by atoms with van der Waals surface area (Å²) >= 11 is 0. The lowest BCUT2D eigenvalue weighted by molar-refractivity contribution is -0.195. The van der Waals surface area contributed by atoms with Crippen LogP contribution in [-0.2, 0) is 15.9 Å². The maximum absolute atomic E-state index is 13.6. The van der Waals surface area contributed by atoms with E-state index in [4.69, 9.17) is 23.4 Å². The van der Waals surface area contributed by atoms with Gasteiger partial charge in [-0.1, -0.05) is 0 Å². The number of aryl methyl sites for hydroxylation is 1. The predicted octanol–water partition coefficient (Wildman–Crippen LogP) is 1.75. The molecule has 3 N–H and O–H groups in total. The first-order valence-corrected chi connectivity index (χ1v) is 11.9. The number of hydrogen-bond donors (Lipinski definition) is 3. The summed E-state index contributed by atoms with van der Waals surface area (Å²) < 4.78 is 31.7. The van der Waals surface area contributed by atoms with Crippen LogP contribution in [0.25, 0.3) is 10.8 Å². The Kier molecular flexibility index (Phi) is 5.35. The molecular formula is C27H20O13. The minimum atomic E-state index is -2.03. The number of aliphatic hydroxyl groups excluding tert-OH is 1. The van der Waals surface area contributed by atoms with E-state index < -0.39 is 63.4 Å². The number of esters is 1. The summed E-state index contributed by atoms with van der Waals surface area (Å²) in [5, 5.41) is 32.9. The van der Waals surface area contributed by atoms with E-state index in [1.807, 2.05) is 0 Å². The standard InChI is InChI=1S/C27H20O13/c1-35-11-8-12(36-2)18(28)16-15(11)19(29)17-23(21(16)31)40-27(24(17)32)5-4-9-6-10-7-13(25(33)37-3)38-26(34)14(10)20(30)22(9)39-27/h6-8,24,28,30,32H,4-5H2,1-3H3. The van der Waals surface area contributed by atoms with Crippen molar-refractivity contribution >= 4 is 28.3 Å². The Morgan fingerprint density at radius 3 is 2.35 bits per heavy atom. The van der Waals surface area contributed by atoms with Crippen LogP contribution in [0.4, 0.5) is 0 Å². The molecule has 1 aliphatic carbocycles. The van der Waals surface area contributed by atoms with Crippen molar-refractivity contribution in [2.45, 2.75) is 24.7 Å². The number of phenols is 2. The molecular weight excluding hydrogens is 532 g/mol. The van der Waals surface area contributed by atoms with Crippen LogP contribution in [0.1, 0.15) is 43.3 Å². The molecule has 206 valence electrons. The summed E-state index contributed by atoms with van der Waals surface area (Å²) in [5.74, 6) is -7.27. The molecule has 3 heterocycles. The Morgan fingerprint density at radius 1 is 0.950 bits per heavy atom. The maximum Gasteiger partial charge on any atom is 0.374 e. The van der Waals surface area contributed by atoms with Crippen molar-refractivity contribution in [2.24, 2.45) is 0 Å². The van der Waals surface area contributed by atoms with Gasteiger partial charge in [0.25, 0.3) is 5.79 Å². The molecule has 40 heavy (non-hydrogen) atoms. The molecule has 3 aromatic rings. The van der Waals surface area contributed by atoms with E-state index in [1.165, 1.54) is 32.4 Å². The van der Waals surface area contributed by atoms with Crippen molar-refractivity contribution in [1.29, 1.82) is 0 Å². The van der Waals surface area contributed by atoms with Crippen LogP contribution in [0.5, 0.6) is 28.7 Å². The average Bonchev–Trinajstić information content (AvgIpc) is 3.23. The number of aromatic hydroxyl groups is 2. The van der Waals surface area contributed by atoms with Crippen LogP contribution >= 0.6 is 0 Å². The van der Waals surface area contributed by atoms with E-state index in [2.05, 4.69) is 4.74 Å². The summed E-state index contributed by atoms with van der Waals surface area (Å²) in [4.78, 5) is 51.6. The molecule has 2 atom stereocenters. The second-order valence-corrected chi connectivity index (χ2v) is 9.27. The molecule has 2 aromatic carbocycles. The van der Waals surface area contributed by atoms with Crippen molar-refractivity contribution in [1.82, 2.24) is 0 Å². The fraction of sp³-hybridized carbons (Fsp3) is 0.259. The third kappa shape index (κ3) is 3.18. The van der Waals surface area contributed by atoms with E-state index in [0.29, 0.717) is 5.56 Å². The molecule has 0 amide bonds. The number of carbonyl (C=O) groups excluding carboxylic acids is 3. The Hall–Kier alpha value is -5.04. The number of ether oxygens (including phenoxy) is 5. The highest BCUT2D eigenvalue weighted by Gasteiger charge is 2.59. The van der Waals surface area contributed by atoms with Gasteiger partial charge in [-0.3, -0.25) is 9.59 Å². The molecule has 0 bridgehead atoms. The molecule has 1 aromatic heterocycles. The lowest BCUT2D eigenvalue weighted by atomic mass is 9.83. The average molecular weight is 552 g/mol. The van der Waals surface area contributed by atoms with Crippen molar-refractivity contribution < 1.29 is 57.8 Å². The number of phenolic OH excluding ortho intramolecular Hbond substituents is 2. The number of fused-ring (bicyclic) bond motifs is 3. The first-order chi connectivity index (χ1) is 19.1. The number of rotatable bonds is 3. The number of benzene rings is 2. The minimum absolute atomic E-state index is 0.0697. The van der Waals surface area contributed by atoms with Gasteiger partial charge >= 0.3 is 11.6 Å². The second kappa shape index (κ2) is 8.48. The number of allylic oxidation sites excluding steroid dienone is 1. The normalized spacial score (nSPS) is 20.9. The molecule has 13 nitrogen and oxygen atoms in total. The van der Waals surface area contributed by atoms with Crippen LogP contribution in [0.15, 0.2) is 38.7 Å². The highest BCUT2D eigenvalue weighted by atomic mass is 16.7. The van der Waals surface area contributed by atoms with Crippen molar-refractivity contribution in [2.75, 3.05) is 21.3 Å². The highest BCUT2D eigenvalue weighted by molar-refractivity contribution is 6.29. The van der Waals surface area contributed by atoms with Crippen LogP contribution in [0, 0.1) is 0 Å². The van der Waals surface area contributed by atoms with E-state index in [1.54, 1.807) is 0 Å². The van der Waals surface area contributed by atoms with Gasteiger partial charge in [-0.2, -0.15) is 0 Å². The van der Waals surface area contributed by atoms with E-state index >= 15 is 0 Å². The van der Waals surface area contributed by atoms with Gasteiger partial charge in [-0.05, 0) is 29.5 Å². The number of carbonyl (C=O) groups is 3. The summed E-state index contributed by atoms with van der Waals surface area (Å²) in [7, 11) is 3.63. The van der Waals surface area contributed by atoms with Gasteiger partial charge in [0.05, 0.1) is 38.0 Å². The van der Waals surface area contributed by atoms with Crippen LogP contribution in [0.2, 0.25) is 0 Å². The van der Waals surface area contributed by atoms with Crippen LogP contribution < -0.4 is 19.8 Å². The quantitative estimate of drug-likeness (QED) is 0.399. The number of methoxy groups -OCH3 is 3. The zero-order chi connectivity index (χ0) is 28.7. The van der Waals surface area contributed by atoms with E-state index in [9.17, 15) is 34.5 Å². The first kappa shape index (κ1) is 25.2. The van der Waals surface area contributed by atoms with Crippen LogP contribution in [-0.4, -0.2) is 66.1 Å². The van der Waals surface area contributed by atoms with E-state index in [0.717, 1.165) is 7.11 Å². The molecule has 0 fully saturated rings. The minimum Gasteiger partial charge on any atom is -0.504 e. The van der Waals surface area contributed by atoms with Crippen molar-refractivity contribution in [3.8, 4) is 28.7 Å². The smallest absolute Gasteiger partial charge is 0.374 e. The van der Waals surface area contributed by atoms with Gasteiger partial charge < -0.3 is 43.4 Å². The van der Waals surface area contributed by atoms with Crippen molar-refractivity contribution in [3.05, 3.63) is 62.4 Å². The Bertz CT molecular complexity index is 1780. The summed E-state index contributed by atoms with van der Waals surface area (Å²) in [6.07, 6.45) is -1.79. The summed E-state index contributed by atoms with van der Waals surface area (Å²) in [5.41, 5.74) is -1.78. The summed E-state index contributed by atoms with van der Waals surface area (Å²) in [6, 6.07) is 3.96. The van der Waals surface area contributed by atoms with Gasteiger partial charge in [0.2, 0.25) is 11.5 Å². The Balaban J connectivity index is 1.44.